The molecule has 5 rings (SSSR count). The van der Waals surface area contributed by atoms with E-state index in [0.29, 0.717) is 16.5 Å². The number of aryl methyl sites for hydroxylation is 1. The second kappa shape index (κ2) is 11.5. The van der Waals surface area contributed by atoms with Crippen molar-refractivity contribution in [1.29, 1.82) is 0 Å². The molecule has 0 saturated carbocycles. The molecule has 4 nitrogen and oxygen atoms in total. The van der Waals surface area contributed by atoms with E-state index in [1.54, 1.807) is 23.1 Å². The van der Waals surface area contributed by atoms with Crippen LogP contribution in [0, 0.1) is 0 Å². The predicted molar refractivity (Wildman–Crippen MR) is 162 cm³/mol. The van der Waals surface area contributed by atoms with E-state index in [1.807, 2.05) is 54.6 Å². The summed E-state index contributed by atoms with van der Waals surface area (Å²) >= 11 is 16.0. The van der Waals surface area contributed by atoms with Crippen LogP contribution in [0.25, 0.3) is 16.2 Å². The number of thioether (sulfide) groups is 1. The number of nitrogens with zero attached hydrogens (tertiary/aromatic N) is 1. The van der Waals surface area contributed by atoms with Crippen LogP contribution in [0.1, 0.15) is 30.2 Å². The Morgan fingerprint density at radius 1 is 1.03 bits per heavy atom. The largest absolute Gasteiger partial charge is 0.748 e. The minimum Gasteiger partial charge on any atom is -0.748 e. The quantitative estimate of drug-likeness (QED) is 0.188. The summed E-state index contributed by atoms with van der Waals surface area (Å²) in [5, 5.41) is 3.39. The molecule has 1 aliphatic heterocycles. The van der Waals surface area contributed by atoms with Crippen LogP contribution in [-0.4, -0.2) is 18.7 Å². The molecule has 2 heterocycles. The second-order valence-corrected chi connectivity index (χ2v) is 13.4. The van der Waals surface area contributed by atoms with Crippen molar-refractivity contribution < 1.29 is 13.0 Å². The van der Waals surface area contributed by atoms with Gasteiger partial charge in [0.25, 0.3) is 0 Å². The molecule has 1 aromatic heterocycles. The highest BCUT2D eigenvalue weighted by Gasteiger charge is 2.27. The van der Waals surface area contributed by atoms with Crippen molar-refractivity contribution in [3.8, 4) is 0 Å². The molecule has 38 heavy (non-hydrogen) atoms. The molecule has 0 atom stereocenters. The smallest absolute Gasteiger partial charge is 0.0946 e. The van der Waals surface area contributed by atoms with Gasteiger partial charge in [-0.1, -0.05) is 60.1 Å². The summed E-state index contributed by atoms with van der Waals surface area (Å²) in [4.78, 5) is 4.41. The normalized spacial score (nSPS) is 15.0. The number of hydrogen-bond acceptors (Lipinski definition) is 6. The van der Waals surface area contributed by atoms with Crippen LogP contribution in [0.5, 0.6) is 0 Å². The second-order valence-electron chi connectivity index (χ2n) is 8.89. The molecule has 9 heteroatoms. The molecule has 0 N–H and O–H groups in total. The van der Waals surface area contributed by atoms with E-state index in [2.05, 4.69) is 36.1 Å². The predicted octanol–water partition coefficient (Wildman–Crippen LogP) is 9.26. The molecule has 0 unspecified atom stereocenters. The van der Waals surface area contributed by atoms with Gasteiger partial charge < -0.3 is 9.45 Å². The first-order valence-corrected chi connectivity index (χ1v) is 16.1. The van der Waals surface area contributed by atoms with Gasteiger partial charge in [-0.2, -0.15) is 0 Å². The Morgan fingerprint density at radius 3 is 2.50 bits per heavy atom. The van der Waals surface area contributed by atoms with Crippen molar-refractivity contribution in [2.24, 2.45) is 0 Å². The fraction of sp³-hybridized carbons (Fsp3) is 0.172. The number of benzene rings is 3. The van der Waals surface area contributed by atoms with E-state index in [0.717, 1.165) is 53.8 Å². The molecule has 0 bridgehead atoms. The van der Waals surface area contributed by atoms with Crippen LogP contribution in [-0.2, 0) is 16.5 Å². The third-order valence-corrected chi connectivity index (χ3v) is 9.74. The first-order chi connectivity index (χ1) is 18.2. The fourth-order valence-electron chi connectivity index (χ4n) is 4.48. The van der Waals surface area contributed by atoms with Gasteiger partial charge in [0.05, 0.1) is 20.8 Å². The molecule has 0 amide bonds. The molecular formula is C29H24Cl2NO3S3-. The molecule has 0 saturated heterocycles. The van der Waals surface area contributed by atoms with Gasteiger partial charge in [0.2, 0.25) is 0 Å². The Bertz CT molecular complexity index is 1660. The van der Waals surface area contributed by atoms with Gasteiger partial charge in [-0.3, -0.25) is 0 Å². The van der Waals surface area contributed by atoms with Gasteiger partial charge in [-0.25, -0.2) is 8.42 Å². The average molecular weight is 602 g/mol. The maximum Gasteiger partial charge on any atom is 0.0946 e. The van der Waals surface area contributed by atoms with Gasteiger partial charge in [-0.05, 0) is 96.5 Å². The number of allylic oxidation sites excluding steroid dienone is 2. The summed E-state index contributed by atoms with van der Waals surface area (Å²) < 4.78 is 34.8. The number of thiophene rings is 1. The first-order valence-electron chi connectivity index (χ1n) is 12.1. The average Bonchev–Trinajstić information content (AvgIpc) is 3.40. The lowest BCUT2D eigenvalue weighted by Crippen LogP contribution is -2.10. The van der Waals surface area contributed by atoms with Gasteiger partial charge >= 0.3 is 0 Å². The van der Waals surface area contributed by atoms with Crippen LogP contribution in [0.4, 0.5) is 11.4 Å². The minimum atomic E-state index is -4.27. The van der Waals surface area contributed by atoms with Crippen LogP contribution in [0.15, 0.2) is 88.3 Å². The molecular weight excluding hydrogens is 577 g/mol. The zero-order valence-electron chi connectivity index (χ0n) is 20.5. The summed E-state index contributed by atoms with van der Waals surface area (Å²) in [6.07, 6.45) is 5.92. The van der Waals surface area contributed by atoms with Gasteiger partial charge in [0.15, 0.2) is 0 Å². The van der Waals surface area contributed by atoms with E-state index in [9.17, 15) is 13.0 Å². The van der Waals surface area contributed by atoms with Crippen molar-refractivity contribution in [2.45, 2.75) is 31.1 Å². The highest BCUT2D eigenvalue weighted by atomic mass is 35.5. The lowest BCUT2D eigenvalue weighted by atomic mass is 10.0. The standard InChI is InChI=1S/C29H25Cl2NO3S3/c1-2-19(15-28-23(9-6-14-38(33,34)35)24-17-20(30)10-12-26(24)36-28)16-29-32(22-7-4-3-5-8-22)25-18-21(31)11-13-27(25)37-29/h3-5,7-8,10-13,15-18H,2,6,9,14H2,1H3,(H,33,34,35)/p-1. The van der Waals surface area contributed by atoms with Crippen molar-refractivity contribution in [3.63, 3.8) is 0 Å². The third kappa shape index (κ3) is 6.14. The SMILES string of the molecule is CCC(=Cc1sc2ccc(Cl)cc2c1CCCS(=O)(=O)[O-])C=C1Sc2ccc(Cl)cc2N1c1ccccc1. The molecule has 1 aliphatic rings. The molecule has 0 radical (unpaired) electrons. The molecule has 0 aliphatic carbocycles. The number of halogens is 2. The number of anilines is 2. The summed E-state index contributed by atoms with van der Waals surface area (Å²) in [6, 6.07) is 21.9. The topological polar surface area (TPSA) is 60.4 Å². The van der Waals surface area contributed by atoms with E-state index in [4.69, 9.17) is 23.2 Å². The molecule has 4 aromatic rings. The summed E-state index contributed by atoms with van der Waals surface area (Å²) in [5.74, 6) is -0.387. The number of rotatable bonds is 8. The third-order valence-electron chi connectivity index (χ3n) is 6.25. The van der Waals surface area contributed by atoms with Crippen LogP contribution >= 0.6 is 46.3 Å². The maximum absolute atomic E-state index is 11.2. The van der Waals surface area contributed by atoms with Crippen LogP contribution < -0.4 is 4.90 Å². The molecule has 0 fully saturated rings. The Labute approximate surface area is 241 Å². The van der Waals surface area contributed by atoms with Crippen LogP contribution in [0.2, 0.25) is 10.0 Å². The van der Waals surface area contributed by atoms with Crippen molar-refractivity contribution >= 4 is 84.0 Å². The summed E-state index contributed by atoms with van der Waals surface area (Å²) in [5.41, 5.74) is 4.25. The lowest BCUT2D eigenvalue weighted by Gasteiger charge is -2.21. The van der Waals surface area contributed by atoms with Crippen molar-refractivity contribution in [3.05, 3.63) is 104 Å². The van der Waals surface area contributed by atoms with Crippen molar-refractivity contribution in [2.75, 3.05) is 10.7 Å². The van der Waals surface area contributed by atoms with Gasteiger partial charge in [-0.15, -0.1) is 11.3 Å². The summed E-state index contributed by atoms with van der Waals surface area (Å²) in [7, 11) is -4.27. The molecule has 3 aromatic carbocycles. The van der Waals surface area contributed by atoms with E-state index in [-0.39, 0.29) is 12.2 Å². The lowest BCUT2D eigenvalue weighted by molar-refractivity contribution is 0.461. The number of para-hydroxylation sites is 1. The highest BCUT2D eigenvalue weighted by molar-refractivity contribution is 8.03. The maximum atomic E-state index is 11.2. The number of fused-ring (bicyclic) bond motifs is 2. The van der Waals surface area contributed by atoms with E-state index >= 15 is 0 Å². The van der Waals surface area contributed by atoms with E-state index in [1.165, 1.54) is 0 Å². The monoisotopic (exact) mass is 600 g/mol. The molecule has 196 valence electrons. The zero-order valence-corrected chi connectivity index (χ0v) is 24.4. The Morgan fingerprint density at radius 2 is 1.76 bits per heavy atom. The Kier molecular flexibility index (Phi) is 8.24. The Hall–Kier alpha value is -2.26. The minimum absolute atomic E-state index is 0.265. The van der Waals surface area contributed by atoms with E-state index < -0.39 is 10.1 Å². The fourth-order valence-corrected chi connectivity index (χ4v) is 7.65. The van der Waals surface area contributed by atoms with Crippen molar-refractivity contribution in [1.82, 2.24) is 0 Å². The van der Waals surface area contributed by atoms with Gasteiger partial charge in [0.1, 0.15) is 0 Å². The summed E-state index contributed by atoms with van der Waals surface area (Å²) in [6.45, 7) is 2.12. The van der Waals surface area contributed by atoms with Gasteiger partial charge in [0, 0.05) is 36.0 Å². The van der Waals surface area contributed by atoms with Crippen LogP contribution in [0.3, 0.4) is 0 Å². The molecule has 0 spiro atoms. The zero-order chi connectivity index (χ0) is 26.9. The first kappa shape index (κ1) is 27.3. The Balaban J connectivity index is 1.57. The number of hydrogen-bond donors (Lipinski definition) is 0. The highest BCUT2D eigenvalue weighted by Crippen LogP contribution is 2.51.